The van der Waals surface area contributed by atoms with Crippen LogP contribution in [-0.4, -0.2) is 18.7 Å². The number of aliphatic hydroxyl groups is 1. The maximum Gasteiger partial charge on any atom is 0.0821 e. The quantitative estimate of drug-likeness (QED) is 0.805. The zero-order chi connectivity index (χ0) is 15.4. The molecule has 112 valence electrons. The van der Waals surface area contributed by atoms with Gasteiger partial charge in [-0.25, -0.2) is 0 Å². The van der Waals surface area contributed by atoms with Crippen LogP contribution in [0.4, 0.5) is 5.69 Å². The third-order valence-electron chi connectivity index (χ3n) is 3.53. The van der Waals surface area contributed by atoms with Gasteiger partial charge in [-0.15, -0.1) is 0 Å². The van der Waals surface area contributed by atoms with E-state index < -0.39 is 6.10 Å². The molecule has 2 nitrogen and oxygen atoms in total. The highest BCUT2D eigenvalue weighted by atomic mass is 79.9. The van der Waals surface area contributed by atoms with Crippen LogP contribution in [0.15, 0.2) is 46.9 Å². The van der Waals surface area contributed by atoms with Crippen molar-refractivity contribution in [1.29, 1.82) is 0 Å². The van der Waals surface area contributed by atoms with Gasteiger partial charge >= 0.3 is 0 Å². The van der Waals surface area contributed by atoms with E-state index in [2.05, 4.69) is 52.0 Å². The Kier molecular flexibility index (Phi) is 5.68. The van der Waals surface area contributed by atoms with Crippen molar-refractivity contribution in [3.63, 3.8) is 0 Å². The molecule has 1 N–H and O–H groups in total. The highest BCUT2D eigenvalue weighted by Crippen LogP contribution is 2.28. The van der Waals surface area contributed by atoms with E-state index in [9.17, 15) is 5.11 Å². The van der Waals surface area contributed by atoms with E-state index >= 15 is 0 Å². The lowest BCUT2D eigenvalue weighted by molar-refractivity contribution is 0.170. The minimum Gasteiger partial charge on any atom is -0.388 e. The summed E-state index contributed by atoms with van der Waals surface area (Å²) in [5.74, 6) is 0. The smallest absolute Gasteiger partial charge is 0.0821 e. The van der Waals surface area contributed by atoms with Crippen LogP contribution in [0.25, 0.3) is 0 Å². The van der Waals surface area contributed by atoms with E-state index in [4.69, 9.17) is 11.6 Å². The second kappa shape index (κ2) is 7.30. The summed E-state index contributed by atoms with van der Waals surface area (Å²) < 4.78 is 0.917. The summed E-state index contributed by atoms with van der Waals surface area (Å²) in [4.78, 5) is 2.13. The van der Waals surface area contributed by atoms with Crippen molar-refractivity contribution in [2.24, 2.45) is 0 Å². The van der Waals surface area contributed by atoms with E-state index in [-0.39, 0.29) is 0 Å². The molecule has 0 heterocycles. The van der Waals surface area contributed by atoms with Crippen LogP contribution in [0.5, 0.6) is 0 Å². The summed E-state index contributed by atoms with van der Waals surface area (Å²) in [7, 11) is 2.03. The zero-order valence-electron chi connectivity index (χ0n) is 12.2. The molecule has 2 rings (SSSR count). The lowest BCUT2D eigenvalue weighted by Gasteiger charge is -2.22. The molecule has 21 heavy (non-hydrogen) atoms. The highest BCUT2D eigenvalue weighted by molar-refractivity contribution is 9.10. The number of halogens is 2. The summed E-state index contributed by atoms with van der Waals surface area (Å²) in [6.45, 7) is 2.83. The average molecular weight is 369 g/mol. The van der Waals surface area contributed by atoms with Gasteiger partial charge in [0.25, 0.3) is 0 Å². The molecule has 2 aromatic rings. The Morgan fingerprint density at radius 1 is 1.19 bits per heavy atom. The summed E-state index contributed by atoms with van der Waals surface area (Å²) in [5, 5.41) is 10.9. The predicted molar refractivity (Wildman–Crippen MR) is 93.2 cm³/mol. The van der Waals surface area contributed by atoms with Crippen LogP contribution in [0, 0.1) is 6.92 Å². The fourth-order valence-corrected chi connectivity index (χ4v) is 2.97. The van der Waals surface area contributed by atoms with Crippen LogP contribution in [0.3, 0.4) is 0 Å². The number of hydrogen-bond donors (Lipinski definition) is 1. The number of rotatable bonds is 5. The Morgan fingerprint density at radius 2 is 1.86 bits per heavy atom. The Morgan fingerprint density at radius 3 is 2.48 bits per heavy atom. The Bertz CT molecular complexity index is 600. The van der Waals surface area contributed by atoms with Gasteiger partial charge in [-0.1, -0.05) is 51.3 Å². The molecular weight excluding hydrogens is 350 g/mol. The fourth-order valence-electron chi connectivity index (χ4n) is 2.17. The van der Waals surface area contributed by atoms with E-state index in [1.165, 1.54) is 5.56 Å². The molecule has 0 radical (unpaired) electrons. The molecule has 0 bridgehead atoms. The molecule has 0 aliphatic carbocycles. The summed E-state index contributed by atoms with van der Waals surface area (Å²) in [6, 6.07) is 13.9. The fraction of sp³-hybridized carbons (Fsp3) is 0.294. The summed E-state index contributed by atoms with van der Waals surface area (Å²) >= 11 is 9.54. The van der Waals surface area contributed by atoms with Gasteiger partial charge in [-0.3, -0.25) is 0 Å². The largest absolute Gasteiger partial charge is 0.388 e. The third-order valence-corrected chi connectivity index (χ3v) is 4.35. The molecule has 0 aromatic heterocycles. The molecule has 2 aromatic carbocycles. The topological polar surface area (TPSA) is 23.5 Å². The Hall–Kier alpha value is -1.03. The van der Waals surface area contributed by atoms with E-state index in [0.717, 1.165) is 22.3 Å². The molecular formula is C17H19BrClNO. The summed E-state index contributed by atoms with van der Waals surface area (Å²) in [6.07, 6.45) is 0.0737. The van der Waals surface area contributed by atoms with Crippen LogP contribution in [0.1, 0.15) is 23.7 Å². The molecule has 0 aliphatic rings. The molecule has 0 fully saturated rings. The first-order valence-electron chi connectivity index (χ1n) is 6.88. The number of hydrogen-bond acceptors (Lipinski definition) is 2. The first-order chi connectivity index (χ1) is 9.97. The normalized spacial score (nSPS) is 12.2. The average Bonchev–Trinajstić information content (AvgIpc) is 2.45. The number of benzene rings is 2. The molecule has 4 heteroatoms. The van der Waals surface area contributed by atoms with Crippen LogP contribution in [0.2, 0.25) is 5.02 Å². The van der Waals surface area contributed by atoms with Crippen LogP contribution >= 0.6 is 27.5 Å². The van der Waals surface area contributed by atoms with Crippen LogP contribution in [-0.2, 0) is 0 Å². The SMILES string of the molecule is Cc1ccc(N(C)CCC(O)c2ccc(Br)cc2Cl)cc1. The minimum atomic E-state index is -0.557. The second-order valence-corrected chi connectivity index (χ2v) is 6.55. The van der Waals surface area contributed by atoms with E-state index in [1.807, 2.05) is 25.2 Å². The molecule has 0 saturated carbocycles. The lowest BCUT2D eigenvalue weighted by Crippen LogP contribution is -2.20. The molecule has 0 aliphatic heterocycles. The number of aryl methyl sites for hydroxylation is 1. The molecule has 0 spiro atoms. The first-order valence-corrected chi connectivity index (χ1v) is 8.05. The van der Waals surface area contributed by atoms with Gasteiger partial charge in [-0.05, 0) is 43.2 Å². The van der Waals surface area contributed by atoms with E-state index in [0.29, 0.717) is 11.4 Å². The van der Waals surface area contributed by atoms with Crippen molar-refractivity contribution in [1.82, 2.24) is 0 Å². The van der Waals surface area contributed by atoms with E-state index in [1.54, 1.807) is 0 Å². The summed E-state index contributed by atoms with van der Waals surface area (Å²) in [5.41, 5.74) is 3.17. The number of aliphatic hydroxyl groups excluding tert-OH is 1. The number of anilines is 1. The molecule has 0 saturated heterocycles. The maximum atomic E-state index is 10.3. The van der Waals surface area contributed by atoms with Gasteiger partial charge in [0.15, 0.2) is 0 Å². The number of nitrogens with zero attached hydrogens (tertiary/aromatic N) is 1. The Balaban J connectivity index is 1.97. The van der Waals surface area contributed by atoms with Gasteiger partial charge in [0, 0.05) is 28.8 Å². The zero-order valence-corrected chi connectivity index (χ0v) is 14.5. The van der Waals surface area contributed by atoms with Gasteiger partial charge < -0.3 is 10.0 Å². The maximum absolute atomic E-state index is 10.3. The van der Waals surface area contributed by atoms with Gasteiger partial charge in [0.1, 0.15) is 0 Å². The predicted octanol–water partition coefficient (Wildman–Crippen LogP) is 4.97. The van der Waals surface area contributed by atoms with Crippen molar-refractivity contribution in [2.75, 3.05) is 18.5 Å². The standard InChI is InChI=1S/C17H19BrClNO/c1-12-3-6-14(7-4-12)20(2)10-9-17(21)15-8-5-13(18)11-16(15)19/h3-8,11,17,21H,9-10H2,1-2H3. The molecule has 1 atom stereocenters. The minimum absolute atomic E-state index is 0.557. The van der Waals surface area contributed by atoms with Gasteiger partial charge in [0.05, 0.1) is 6.10 Å². The Labute approximate surface area is 139 Å². The van der Waals surface area contributed by atoms with Gasteiger partial charge in [-0.2, -0.15) is 0 Å². The third kappa shape index (κ3) is 4.47. The highest BCUT2D eigenvalue weighted by Gasteiger charge is 2.13. The van der Waals surface area contributed by atoms with Crippen molar-refractivity contribution in [3.8, 4) is 0 Å². The van der Waals surface area contributed by atoms with Crippen molar-refractivity contribution in [3.05, 3.63) is 63.1 Å². The van der Waals surface area contributed by atoms with Crippen LogP contribution < -0.4 is 4.90 Å². The second-order valence-electron chi connectivity index (χ2n) is 5.23. The van der Waals surface area contributed by atoms with Crippen molar-refractivity contribution < 1.29 is 5.11 Å². The van der Waals surface area contributed by atoms with Gasteiger partial charge in [0.2, 0.25) is 0 Å². The molecule has 0 amide bonds. The first kappa shape index (κ1) is 16.3. The monoisotopic (exact) mass is 367 g/mol. The lowest BCUT2D eigenvalue weighted by atomic mass is 10.1. The van der Waals surface area contributed by atoms with Crippen molar-refractivity contribution in [2.45, 2.75) is 19.4 Å². The van der Waals surface area contributed by atoms with Crippen molar-refractivity contribution >= 4 is 33.2 Å². The molecule has 1 unspecified atom stereocenters.